The van der Waals surface area contributed by atoms with E-state index < -0.39 is 0 Å². The first kappa shape index (κ1) is 16.5. The van der Waals surface area contributed by atoms with Gasteiger partial charge < -0.3 is 10.2 Å². The van der Waals surface area contributed by atoms with Crippen LogP contribution in [-0.2, 0) is 0 Å². The second kappa shape index (κ2) is 7.52. The Morgan fingerprint density at radius 1 is 1.16 bits per heavy atom. The summed E-state index contributed by atoms with van der Waals surface area (Å²) in [6.45, 7) is 3.56. The van der Waals surface area contributed by atoms with Gasteiger partial charge in [-0.1, -0.05) is 19.3 Å². The monoisotopic (exact) mass is 341 g/mol. The van der Waals surface area contributed by atoms with E-state index in [-0.39, 0.29) is 11.9 Å². The van der Waals surface area contributed by atoms with Crippen molar-refractivity contribution >= 4 is 11.6 Å². The topological polar surface area (TPSA) is 62.5 Å². The molecule has 2 aromatic rings. The summed E-state index contributed by atoms with van der Waals surface area (Å²) in [4.78, 5) is 19.7. The minimum absolute atomic E-state index is 0.0377. The van der Waals surface area contributed by atoms with Crippen LogP contribution in [0.2, 0.25) is 0 Å². The Morgan fingerprint density at radius 2 is 2.00 bits per heavy atom. The van der Waals surface area contributed by atoms with E-state index in [4.69, 9.17) is 0 Å². The minimum atomic E-state index is -0.0377. The average Bonchev–Trinajstić information content (AvgIpc) is 3.08. The number of carbonyl (C=O) groups excluding carboxylic acids is 1. The second-order valence-corrected chi connectivity index (χ2v) is 7.43. The van der Waals surface area contributed by atoms with Crippen molar-refractivity contribution in [3.63, 3.8) is 0 Å². The van der Waals surface area contributed by atoms with Crippen molar-refractivity contribution < 1.29 is 4.79 Å². The molecular weight excluding hydrogens is 314 g/mol. The van der Waals surface area contributed by atoms with Gasteiger partial charge in [0.2, 0.25) is 0 Å². The first-order valence-electron chi connectivity index (χ1n) is 9.63. The average molecular weight is 341 g/mol. The molecule has 1 N–H and O–H groups in total. The molecule has 134 valence electrons. The molecule has 0 unspecified atom stereocenters. The lowest BCUT2D eigenvalue weighted by atomic mass is 9.83. The summed E-state index contributed by atoms with van der Waals surface area (Å²) in [6, 6.07) is 2.08. The van der Waals surface area contributed by atoms with Crippen molar-refractivity contribution in [1.29, 1.82) is 0 Å². The minimum Gasteiger partial charge on any atom is -0.349 e. The Hall–Kier alpha value is -1.95. The fourth-order valence-corrected chi connectivity index (χ4v) is 4.32. The zero-order valence-electron chi connectivity index (χ0n) is 14.7. The largest absolute Gasteiger partial charge is 0.349 e. The molecule has 1 saturated heterocycles. The van der Waals surface area contributed by atoms with Crippen LogP contribution in [0.1, 0.15) is 55.3 Å². The predicted octanol–water partition coefficient (Wildman–Crippen LogP) is 2.50. The third-order valence-electron chi connectivity index (χ3n) is 5.69. The second-order valence-electron chi connectivity index (χ2n) is 7.43. The standard InChI is InChI=1S/C19H27N5O/c25-19(16-13-21-24-12-6-9-20-18(16)24)22-17-8-3-2-7-15(17)14-23-10-4-1-5-11-23/h6,9,12-13,15,17H,1-5,7-8,10-11,14H2,(H,22,25)/t15-,17+/m0/s1. The van der Waals surface area contributed by atoms with Crippen LogP contribution in [0, 0.1) is 5.92 Å². The number of fused-ring (bicyclic) bond motifs is 1. The van der Waals surface area contributed by atoms with Gasteiger partial charge in [-0.3, -0.25) is 4.79 Å². The van der Waals surface area contributed by atoms with Crippen molar-refractivity contribution in [3.8, 4) is 0 Å². The highest BCUT2D eigenvalue weighted by Crippen LogP contribution is 2.27. The fraction of sp³-hybridized carbons (Fsp3) is 0.632. The van der Waals surface area contributed by atoms with E-state index in [1.54, 1.807) is 16.9 Å². The Bertz CT molecular complexity index is 721. The van der Waals surface area contributed by atoms with Gasteiger partial charge in [0.25, 0.3) is 5.91 Å². The van der Waals surface area contributed by atoms with Crippen molar-refractivity contribution in [2.45, 2.75) is 51.0 Å². The zero-order valence-corrected chi connectivity index (χ0v) is 14.7. The van der Waals surface area contributed by atoms with Crippen LogP contribution in [0.15, 0.2) is 24.7 Å². The normalized spacial score (nSPS) is 25.1. The first-order valence-corrected chi connectivity index (χ1v) is 9.63. The number of likely N-dealkylation sites (tertiary alicyclic amines) is 1. The Morgan fingerprint density at radius 3 is 2.88 bits per heavy atom. The molecule has 0 bridgehead atoms. The van der Waals surface area contributed by atoms with Crippen LogP contribution < -0.4 is 5.32 Å². The number of rotatable bonds is 4. The lowest BCUT2D eigenvalue weighted by Gasteiger charge is -2.37. The van der Waals surface area contributed by atoms with Crippen LogP contribution in [-0.4, -0.2) is 51.1 Å². The van der Waals surface area contributed by atoms with Gasteiger partial charge in [0.1, 0.15) is 5.56 Å². The number of nitrogens with one attached hydrogen (secondary N) is 1. The fourth-order valence-electron chi connectivity index (χ4n) is 4.32. The summed E-state index contributed by atoms with van der Waals surface area (Å²) >= 11 is 0. The van der Waals surface area contributed by atoms with Crippen molar-refractivity contribution in [3.05, 3.63) is 30.2 Å². The Labute approximate surface area is 148 Å². The van der Waals surface area contributed by atoms with E-state index in [0.717, 1.165) is 13.0 Å². The van der Waals surface area contributed by atoms with Gasteiger partial charge in [-0.2, -0.15) is 5.10 Å². The number of piperidine rings is 1. The highest BCUT2D eigenvalue weighted by atomic mass is 16.1. The van der Waals surface area contributed by atoms with Crippen LogP contribution in [0.4, 0.5) is 0 Å². The molecule has 1 saturated carbocycles. The van der Waals surface area contributed by atoms with E-state index in [1.165, 1.54) is 51.6 Å². The quantitative estimate of drug-likeness (QED) is 0.928. The number of hydrogen-bond donors (Lipinski definition) is 1. The predicted molar refractivity (Wildman–Crippen MR) is 96.5 cm³/mol. The van der Waals surface area contributed by atoms with E-state index in [9.17, 15) is 4.79 Å². The molecule has 0 radical (unpaired) electrons. The summed E-state index contributed by atoms with van der Waals surface area (Å²) in [6.07, 6.45) is 13.9. The summed E-state index contributed by atoms with van der Waals surface area (Å²) in [5.41, 5.74) is 1.20. The van der Waals surface area contributed by atoms with E-state index in [2.05, 4.69) is 20.3 Å². The van der Waals surface area contributed by atoms with Crippen LogP contribution in [0.5, 0.6) is 0 Å². The molecule has 2 atom stereocenters. The van der Waals surface area contributed by atoms with E-state index in [1.807, 2.05) is 12.3 Å². The molecule has 1 amide bonds. The maximum absolute atomic E-state index is 12.8. The molecule has 6 heteroatoms. The van der Waals surface area contributed by atoms with Crippen LogP contribution in [0.3, 0.4) is 0 Å². The van der Waals surface area contributed by atoms with Crippen molar-refractivity contribution in [1.82, 2.24) is 24.8 Å². The highest BCUT2D eigenvalue weighted by molar-refractivity contribution is 5.99. The number of hydrogen-bond acceptors (Lipinski definition) is 4. The summed E-state index contributed by atoms with van der Waals surface area (Å²) in [5.74, 6) is 0.523. The van der Waals surface area contributed by atoms with Gasteiger partial charge >= 0.3 is 0 Å². The summed E-state index contributed by atoms with van der Waals surface area (Å²) in [7, 11) is 0. The zero-order chi connectivity index (χ0) is 17.1. The van der Waals surface area contributed by atoms with E-state index in [0.29, 0.717) is 17.1 Å². The molecule has 1 aliphatic heterocycles. The lowest BCUT2D eigenvalue weighted by Crippen LogP contribution is -2.47. The molecule has 1 aliphatic carbocycles. The highest BCUT2D eigenvalue weighted by Gasteiger charge is 2.29. The molecule has 2 aliphatic rings. The van der Waals surface area contributed by atoms with Crippen molar-refractivity contribution in [2.24, 2.45) is 5.92 Å². The molecule has 2 fully saturated rings. The Balaban J connectivity index is 1.44. The SMILES string of the molecule is O=C(N[C@@H]1CCCC[C@H]1CN1CCCCC1)c1cnn2cccnc12. The molecule has 2 aromatic heterocycles. The molecule has 6 nitrogen and oxygen atoms in total. The third kappa shape index (κ3) is 3.68. The van der Waals surface area contributed by atoms with Crippen molar-refractivity contribution in [2.75, 3.05) is 19.6 Å². The third-order valence-corrected chi connectivity index (χ3v) is 5.69. The van der Waals surface area contributed by atoms with Gasteiger partial charge in [0.15, 0.2) is 5.65 Å². The number of carbonyl (C=O) groups is 1. The molecule has 3 heterocycles. The smallest absolute Gasteiger partial charge is 0.256 e. The van der Waals surface area contributed by atoms with E-state index >= 15 is 0 Å². The maximum Gasteiger partial charge on any atom is 0.256 e. The van der Waals surface area contributed by atoms with Crippen LogP contribution >= 0.6 is 0 Å². The van der Waals surface area contributed by atoms with Gasteiger partial charge in [0, 0.05) is 25.0 Å². The summed E-state index contributed by atoms with van der Waals surface area (Å²) < 4.78 is 1.65. The maximum atomic E-state index is 12.8. The van der Waals surface area contributed by atoms with Gasteiger partial charge in [0.05, 0.1) is 6.20 Å². The van der Waals surface area contributed by atoms with Gasteiger partial charge in [-0.25, -0.2) is 9.50 Å². The van der Waals surface area contributed by atoms with Crippen LogP contribution in [0.25, 0.3) is 5.65 Å². The number of amides is 1. The first-order chi connectivity index (χ1) is 12.3. The number of nitrogens with zero attached hydrogens (tertiary/aromatic N) is 4. The molecule has 4 rings (SSSR count). The lowest BCUT2D eigenvalue weighted by molar-refractivity contribution is 0.0879. The molecule has 25 heavy (non-hydrogen) atoms. The molecular formula is C19H27N5O. The summed E-state index contributed by atoms with van der Waals surface area (Å²) in [5, 5.41) is 7.52. The number of aromatic nitrogens is 3. The molecule has 0 spiro atoms. The van der Waals surface area contributed by atoms with Gasteiger partial charge in [-0.05, 0) is 50.8 Å². The Kier molecular flexibility index (Phi) is 4.97. The molecule has 0 aromatic carbocycles. The van der Waals surface area contributed by atoms with Gasteiger partial charge in [-0.15, -0.1) is 0 Å².